The van der Waals surface area contributed by atoms with Gasteiger partial charge in [-0.05, 0) is 83.5 Å². The fourth-order valence-electron chi connectivity index (χ4n) is 5.08. The molecule has 0 fully saturated rings. The first kappa shape index (κ1) is 53.2. The van der Waals surface area contributed by atoms with Crippen molar-refractivity contribution in [2.24, 2.45) is 0 Å². The molecule has 320 valence electrons. The third kappa shape index (κ3) is 40.8. The third-order valence-corrected chi connectivity index (χ3v) is 9.39. The molecule has 0 spiro atoms. The molecule has 0 saturated heterocycles. The normalized spacial score (nSPS) is 14.5. The van der Waals surface area contributed by atoms with Crippen molar-refractivity contribution in [2.75, 3.05) is 47.5 Å². The molecule has 56 heavy (non-hydrogen) atoms. The zero-order chi connectivity index (χ0) is 41.4. The molecule has 0 saturated carbocycles. The van der Waals surface area contributed by atoms with Crippen molar-refractivity contribution in [3.63, 3.8) is 0 Å². The predicted molar refractivity (Wildman–Crippen MR) is 233 cm³/mol. The van der Waals surface area contributed by atoms with Gasteiger partial charge in [-0.1, -0.05) is 131 Å². The summed E-state index contributed by atoms with van der Waals surface area (Å²) in [5.41, 5.74) is 0. The van der Waals surface area contributed by atoms with Crippen LogP contribution in [0.3, 0.4) is 0 Å². The summed E-state index contributed by atoms with van der Waals surface area (Å²) in [4.78, 5) is 35.3. The third-order valence-electron chi connectivity index (χ3n) is 8.41. The van der Waals surface area contributed by atoms with Gasteiger partial charge in [0.2, 0.25) is 0 Å². The quantitative estimate of drug-likeness (QED) is 0.0217. The Hall–Kier alpha value is -2.81. The second-order valence-corrected chi connectivity index (χ2v) is 16.4. The Kier molecular flexibility index (Phi) is 35.9. The SMILES string of the molecule is CC/C=C\C/C=C\C/C=C\C/C=C\C/C=C\CCCC(=O)O[C@H](COC(=O)CCCCCCC/C=C\C/C=C\CCCCC)COP(=O)(O)OCC[N+](C)(C)C. The van der Waals surface area contributed by atoms with Gasteiger partial charge in [-0.3, -0.25) is 18.6 Å². The summed E-state index contributed by atoms with van der Waals surface area (Å²) >= 11 is 0. The largest absolute Gasteiger partial charge is 0.472 e. The standard InChI is InChI=1S/C46H78NO8P/c1-6-8-10-12-14-16-18-20-22-23-25-27-29-31-33-35-37-39-46(49)55-44(43-54-56(50,51)53-41-40-47(3,4)5)42-52-45(48)38-36-34-32-30-28-26-24-21-19-17-15-13-11-9-7-2/h8,10,14-17,20-22,24-25,27,31,33,44H,6-7,9,11-13,18-19,23,26,28-30,32,34-43H2,1-5H3/p+1/b10-8-,16-14-,17-15-,22-20-,24-21-,27-25-,33-31-/t44-/m1/s1. The van der Waals surface area contributed by atoms with E-state index in [4.69, 9.17) is 18.5 Å². The number of allylic oxidation sites excluding steroid dienone is 14. The van der Waals surface area contributed by atoms with E-state index < -0.39 is 32.5 Å². The average molecular weight is 805 g/mol. The minimum atomic E-state index is -4.40. The van der Waals surface area contributed by atoms with E-state index in [-0.39, 0.29) is 26.1 Å². The van der Waals surface area contributed by atoms with Gasteiger partial charge < -0.3 is 18.9 Å². The number of quaternary nitrogens is 1. The van der Waals surface area contributed by atoms with Crippen molar-refractivity contribution >= 4 is 19.8 Å². The molecule has 0 aromatic heterocycles. The number of ether oxygens (including phenoxy) is 2. The van der Waals surface area contributed by atoms with E-state index in [2.05, 4.69) is 92.8 Å². The van der Waals surface area contributed by atoms with E-state index in [1.165, 1.54) is 25.7 Å². The minimum absolute atomic E-state index is 0.0140. The summed E-state index contributed by atoms with van der Waals surface area (Å²) in [5.74, 6) is -0.893. The Morgan fingerprint density at radius 1 is 0.571 bits per heavy atom. The van der Waals surface area contributed by atoms with E-state index in [0.717, 1.165) is 70.6 Å². The van der Waals surface area contributed by atoms with Crippen LogP contribution < -0.4 is 0 Å². The number of phosphoric ester groups is 1. The lowest BCUT2D eigenvalue weighted by molar-refractivity contribution is -0.870. The number of unbranched alkanes of at least 4 members (excludes halogenated alkanes) is 9. The number of hydrogen-bond acceptors (Lipinski definition) is 7. The van der Waals surface area contributed by atoms with Gasteiger partial charge in [-0.2, -0.15) is 0 Å². The summed E-state index contributed by atoms with van der Waals surface area (Å²) in [6.07, 6.45) is 47.8. The van der Waals surface area contributed by atoms with Crippen molar-refractivity contribution in [2.45, 2.75) is 148 Å². The molecule has 0 aliphatic heterocycles. The number of hydrogen-bond donors (Lipinski definition) is 1. The topological polar surface area (TPSA) is 108 Å². The first-order chi connectivity index (χ1) is 27.0. The highest BCUT2D eigenvalue weighted by Crippen LogP contribution is 2.43. The van der Waals surface area contributed by atoms with Gasteiger partial charge >= 0.3 is 19.8 Å². The van der Waals surface area contributed by atoms with Crippen LogP contribution in [0.2, 0.25) is 0 Å². The van der Waals surface area contributed by atoms with Crippen LogP contribution in [0.4, 0.5) is 0 Å². The van der Waals surface area contributed by atoms with Crippen LogP contribution in [0.15, 0.2) is 85.1 Å². The Morgan fingerprint density at radius 2 is 1.04 bits per heavy atom. The maximum absolute atomic E-state index is 12.7. The molecular weight excluding hydrogens is 725 g/mol. The molecule has 0 rings (SSSR count). The van der Waals surface area contributed by atoms with Crippen molar-refractivity contribution in [3.05, 3.63) is 85.1 Å². The lowest BCUT2D eigenvalue weighted by atomic mass is 10.1. The zero-order valence-corrected chi connectivity index (χ0v) is 36.7. The number of phosphoric acid groups is 1. The molecule has 0 aliphatic carbocycles. The van der Waals surface area contributed by atoms with Gasteiger partial charge in [0.05, 0.1) is 27.7 Å². The molecule has 0 heterocycles. The molecule has 9 nitrogen and oxygen atoms in total. The van der Waals surface area contributed by atoms with Gasteiger partial charge in [-0.25, -0.2) is 4.57 Å². The number of carbonyl (C=O) groups excluding carboxylic acids is 2. The van der Waals surface area contributed by atoms with Crippen molar-refractivity contribution in [3.8, 4) is 0 Å². The molecule has 0 bridgehead atoms. The number of carbonyl (C=O) groups is 2. The molecule has 0 aromatic rings. The molecule has 10 heteroatoms. The van der Waals surface area contributed by atoms with Gasteiger partial charge in [0, 0.05) is 12.8 Å². The monoisotopic (exact) mass is 805 g/mol. The van der Waals surface area contributed by atoms with Crippen LogP contribution in [0.25, 0.3) is 0 Å². The number of rotatable bonds is 37. The van der Waals surface area contributed by atoms with E-state index in [1.807, 2.05) is 27.2 Å². The van der Waals surface area contributed by atoms with Crippen LogP contribution in [0.1, 0.15) is 142 Å². The van der Waals surface area contributed by atoms with Gasteiger partial charge in [-0.15, -0.1) is 0 Å². The summed E-state index contributed by atoms with van der Waals surface area (Å²) in [6.45, 7) is 4.17. The molecular formula is C46H79NO8P+. The molecule has 2 atom stereocenters. The summed E-state index contributed by atoms with van der Waals surface area (Å²) in [5, 5.41) is 0. The van der Waals surface area contributed by atoms with Gasteiger partial charge in [0.25, 0.3) is 0 Å². The molecule has 1 unspecified atom stereocenters. The average Bonchev–Trinajstić information content (AvgIpc) is 3.15. The number of esters is 2. The first-order valence-corrected chi connectivity index (χ1v) is 22.8. The fourth-order valence-corrected chi connectivity index (χ4v) is 5.82. The Morgan fingerprint density at radius 3 is 1.57 bits per heavy atom. The lowest BCUT2D eigenvalue weighted by Crippen LogP contribution is -2.37. The number of likely N-dealkylation sites (N-methyl/N-ethyl adjacent to an activating group) is 1. The highest BCUT2D eigenvalue weighted by atomic mass is 31.2. The van der Waals surface area contributed by atoms with Gasteiger partial charge in [0.15, 0.2) is 6.10 Å². The first-order valence-electron chi connectivity index (χ1n) is 21.3. The fraction of sp³-hybridized carbons (Fsp3) is 0.652. The Labute approximate surface area is 341 Å². The van der Waals surface area contributed by atoms with E-state index in [1.54, 1.807) is 0 Å². The maximum Gasteiger partial charge on any atom is 0.472 e. The van der Waals surface area contributed by atoms with Gasteiger partial charge in [0.1, 0.15) is 19.8 Å². The molecule has 0 amide bonds. The van der Waals surface area contributed by atoms with Crippen molar-refractivity contribution < 1.29 is 42.1 Å². The van der Waals surface area contributed by atoms with E-state index >= 15 is 0 Å². The highest BCUT2D eigenvalue weighted by molar-refractivity contribution is 7.47. The maximum atomic E-state index is 12.7. The van der Waals surface area contributed by atoms with Crippen LogP contribution in [-0.4, -0.2) is 74.9 Å². The van der Waals surface area contributed by atoms with Crippen LogP contribution in [0.5, 0.6) is 0 Å². The van der Waals surface area contributed by atoms with E-state index in [0.29, 0.717) is 30.3 Å². The van der Waals surface area contributed by atoms with Crippen molar-refractivity contribution in [1.29, 1.82) is 0 Å². The Bertz CT molecular complexity index is 1230. The summed E-state index contributed by atoms with van der Waals surface area (Å²) < 4.78 is 34.2. The summed E-state index contributed by atoms with van der Waals surface area (Å²) in [6, 6.07) is 0. The minimum Gasteiger partial charge on any atom is -0.462 e. The number of nitrogens with zero attached hydrogens (tertiary/aromatic N) is 1. The molecule has 1 N–H and O–H groups in total. The Balaban J connectivity index is 4.53. The van der Waals surface area contributed by atoms with Crippen LogP contribution >= 0.6 is 7.82 Å². The molecule has 0 aliphatic rings. The smallest absolute Gasteiger partial charge is 0.462 e. The van der Waals surface area contributed by atoms with Crippen LogP contribution in [0, 0.1) is 0 Å². The van der Waals surface area contributed by atoms with Crippen LogP contribution in [-0.2, 0) is 32.7 Å². The second kappa shape index (κ2) is 37.7. The van der Waals surface area contributed by atoms with E-state index in [9.17, 15) is 19.0 Å². The molecule has 0 radical (unpaired) electrons. The predicted octanol–water partition coefficient (Wildman–Crippen LogP) is 12.0. The van der Waals surface area contributed by atoms with Crippen molar-refractivity contribution in [1.82, 2.24) is 0 Å². The molecule has 0 aromatic carbocycles. The summed E-state index contributed by atoms with van der Waals surface area (Å²) in [7, 11) is 1.42. The highest BCUT2D eigenvalue weighted by Gasteiger charge is 2.27. The zero-order valence-electron chi connectivity index (χ0n) is 35.8. The second-order valence-electron chi connectivity index (χ2n) is 15.0. The lowest BCUT2D eigenvalue weighted by Gasteiger charge is -2.24.